The number of nitrogens with zero attached hydrogens (tertiary/aromatic N) is 5. The van der Waals surface area contributed by atoms with Gasteiger partial charge in [0.15, 0.2) is 0 Å². The highest BCUT2D eigenvalue weighted by Gasteiger charge is 2.34. The van der Waals surface area contributed by atoms with Crippen LogP contribution in [0.15, 0.2) is 0 Å². The lowest BCUT2D eigenvalue weighted by Gasteiger charge is -2.42. The van der Waals surface area contributed by atoms with Crippen LogP contribution in [0.5, 0.6) is 0 Å². The molecule has 1 fully saturated rings. The number of morpholine rings is 1. The number of anilines is 1. The van der Waals surface area contributed by atoms with Crippen LogP contribution >= 0.6 is 0 Å². The second-order valence-corrected chi connectivity index (χ2v) is 4.67. The number of hydrogen-bond acceptors (Lipinski definition) is 6. The van der Waals surface area contributed by atoms with Gasteiger partial charge in [0.2, 0.25) is 5.95 Å². The van der Waals surface area contributed by atoms with Crippen LogP contribution in [-0.4, -0.2) is 56.7 Å². The first-order valence-corrected chi connectivity index (χ1v) is 5.28. The van der Waals surface area contributed by atoms with Crippen LogP contribution in [0.3, 0.4) is 0 Å². The minimum absolute atomic E-state index is 0.00517. The molecule has 2 heterocycles. The Bertz CT molecular complexity index is 365. The van der Waals surface area contributed by atoms with Crippen molar-refractivity contribution >= 4 is 5.95 Å². The quantitative estimate of drug-likeness (QED) is 0.712. The summed E-state index contributed by atoms with van der Waals surface area (Å²) in [5.41, 5.74) is -0.308. The van der Waals surface area contributed by atoms with Crippen LogP contribution in [0.1, 0.15) is 13.8 Å². The van der Waals surface area contributed by atoms with Gasteiger partial charge in [-0.1, -0.05) is 5.10 Å². The standard InChI is InChI=1S/C9H17N5O2/c1-9(2)6-14(4-7(5-15)16-9)8-10-11-12-13(8)3/h7,15H,4-6H2,1-3H3. The molecule has 0 spiro atoms. The van der Waals surface area contributed by atoms with E-state index in [2.05, 4.69) is 15.5 Å². The summed E-state index contributed by atoms with van der Waals surface area (Å²) in [4.78, 5) is 2.03. The van der Waals surface area contributed by atoms with E-state index in [0.29, 0.717) is 19.0 Å². The molecule has 0 saturated carbocycles. The predicted molar refractivity (Wildman–Crippen MR) is 57.0 cm³/mol. The van der Waals surface area contributed by atoms with Gasteiger partial charge in [-0.25, -0.2) is 4.68 Å². The van der Waals surface area contributed by atoms with Gasteiger partial charge in [0.25, 0.3) is 0 Å². The van der Waals surface area contributed by atoms with Gasteiger partial charge in [0.05, 0.1) is 18.3 Å². The van der Waals surface area contributed by atoms with Gasteiger partial charge >= 0.3 is 0 Å². The molecule has 0 aliphatic carbocycles. The molecule has 1 aromatic rings. The molecule has 1 N–H and O–H groups in total. The molecule has 7 nitrogen and oxygen atoms in total. The number of tetrazole rings is 1. The van der Waals surface area contributed by atoms with Crippen molar-refractivity contribution < 1.29 is 9.84 Å². The highest BCUT2D eigenvalue weighted by Crippen LogP contribution is 2.23. The average molecular weight is 227 g/mol. The Hall–Kier alpha value is -1.21. The molecule has 0 aromatic carbocycles. The second kappa shape index (κ2) is 3.99. The van der Waals surface area contributed by atoms with Crippen molar-refractivity contribution in [2.75, 3.05) is 24.6 Å². The van der Waals surface area contributed by atoms with Crippen molar-refractivity contribution in [3.63, 3.8) is 0 Å². The topological polar surface area (TPSA) is 76.3 Å². The van der Waals surface area contributed by atoms with Crippen LogP contribution in [0, 0.1) is 0 Å². The Kier molecular flexibility index (Phi) is 2.81. The zero-order valence-electron chi connectivity index (χ0n) is 9.79. The fourth-order valence-corrected chi connectivity index (χ4v) is 2.04. The summed E-state index contributed by atoms with van der Waals surface area (Å²) in [6.07, 6.45) is -0.194. The number of aliphatic hydroxyl groups is 1. The van der Waals surface area contributed by atoms with Crippen molar-refractivity contribution in [3.8, 4) is 0 Å². The Labute approximate surface area is 94.0 Å². The molecule has 1 aliphatic heterocycles. The summed E-state index contributed by atoms with van der Waals surface area (Å²) in [6.45, 7) is 5.30. The summed E-state index contributed by atoms with van der Waals surface area (Å²) < 4.78 is 7.34. The van der Waals surface area contributed by atoms with E-state index in [9.17, 15) is 5.11 Å². The summed E-state index contributed by atoms with van der Waals surface area (Å²) >= 11 is 0. The van der Waals surface area contributed by atoms with E-state index in [1.54, 1.807) is 11.7 Å². The zero-order valence-corrected chi connectivity index (χ0v) is 9.79. The van der Waals surface area contributed by atoms with Crippen LogP contribution < -0.4 is 4.90 Å². The van der Waals surface area contributed by atoms with Gasteiger partial charge in [-0.05, 0) is 24.3 Å². The monoisotopic (exact) mass is 227 g/mol. The fourth-order valence-electron chi connectivity index (χ4n) is 2.04. The molecule has 1 unspecified atom stereocenters. The number of ether oxygens (including phenoxy) is 1. The van der Waals surface area contributed by atoms with Crippen LogP contribution in [0.2, 0.25) is 0 Å². The number of aryl methyl sites for hydroxylation is 1. The van der Waals surface area contributed by atoms with E-state index in [1.165, 1.54) is 0 Å². The Morgan fingerprint density at radius 3 is 2.88 bits per heavy atom. The molecule has 2 rings (SSSR count). The SMILES string of the molecule is Cn1nnnc1N1CC(CO)OC(C)(C)C1. The maximum Gasteiger partial charge on any atom is 0.245 e. The third kappa shape index (κ3) is 2.14. The van der Waals surface area contributed by atoms with E-state index in [4.69, 9.17) is 4.74 Å². The first-order valence-electron chi connectivity index (χ1n) is 5.28. The van der Waals surface area contributed by atoms with Crippen molar-refractivity contribution in [1.29, 1.82) is 0 Å². The lowest BCUT2D eigenvalue weighted by Crippen LogP contribution is -2.54. The molecule has 0 radical (unpaired) electrons. The average Bonchev–Trinajstić information content (AvgIpc) is 2.62. The van der Waals surface area contributed by atoms with Gasteiger partial charge in [-0.3, -0.25) is 0 Å². The maximum atomic E-state index is 9.20. The molecule has 1 aromatic heterocycles. The summed E-state index contributed by atoms with van der Waals surface area (Å²) in [6, 6.07) is 0. The normalized spacial score (nSPS) is 24.8. The number of rotatable bonds is 2. The van der Waals surface area contributed by atoms with Crippen molar-refractivity contribution in [2.45, 2.75) is 25.6 Å². The molecule has 16 heavy (non-hydrogen) atoms. The third-order valence-corrected chi connectivity index (χ3v) is 2.57. The van der Waals surface area contributed by atoms with Gasteiger partial charge in [-0.15, -0.1) is 0 Å². The highest BCUT2D eigenvalue weighted by molar-refractivity contribution is 5.30. The van der Waals surface area contributed by atoms with Gasteiger partial charge < -0.3 is 14.7 Å². The van der Waals surface area contributed by atoms with Gasteiger partial charge in [0, 0.05) is 20.1 Å². The summed E-state index contributed by atoms with van der Waals surface area (Å²) in [7, 11) is 1.80. The number of hydrogen-bond donors (Lipinski definition) is 1. The molecule has 1 saturated heterocycles. The van der Waals surface area contributed by atoms with Gasteiger partial charge in [-0.2, -0.15) is 0 Å². The smallest absolute Gasteiger partial charge is 0.245 e. The van der Waals surface area contributed by atoms with Crippen LogP contribution in [0.25, 0.3) is 0 Å². The first-order chi connectivity index (χ1) is 7.52. The van der Waals surface area contributed by atoms with E-state index >= 15 is 0 Å². The molecule has 1 aliphatic rings. The minimum atomic E-state index is -0.308. The molecule has 7 heteroatoms. The van der Waals surface area contributed by atoms with Crippen LogP contribution in [0.4, 0.5) is 5.95 Å². The third-order valence-electron chi connectivity index (χ3n) is 2.57. The molecule has 1 atom stereocenters. The molecule has 0 amide bonds. The summed E-state index contributed by atoms with van der Waals surface area (Å²) in [5.74, 6) is 0.704. The highest BCUT2D eigenvalue weighted by atomic mass is 16.5. The van der Waals surface area contributed by atoms with Crippen molar-refractivity contribution in [2.24, 2.45) is 7.05 Å². The van der Waals surface area contributed by atoms with E-state index in [0.717, 1.165) is 0 Å². The van der Waals surface area contributed by atoms with E-state index in [1.807, 2.05) is 18.7 Å². The Morgan fingerprint density at radius 1 is 1.56 bits per heavy atom. The van der Waals surface area contributed by atoms with Gasteiger partial charge in [0.1, 0.15) is 0 Å². The molecule has 90 valence electrons. The Balaban J connectivity index is 2.19. The molecule has 0 bridgehead atoms. The fraction of sp³-hybridized carbons (Fsp3) is 0.889. The summed E-state index contributed by atoms with van der Waals surface area (Å²) in [5, 5.41) is 20.6. The van der Waals surface area contributed by atoms with Crippen molar-refractivity contribution in [3.05, 3.63) is 0 Å². The van der Waals surface area contributed by atoms with Crippen LogP contribution in [-0.2, 0) is 11.8 Å². The first kappa shape index (κ1) is 11.3. The zero-order chi connectivity index (χ0) is 11.8. The molecular formula is C9H17N5O2. The van der Waals surface area contributed by atoms with E-state index in [-0.39, 0.29) is 18.3 Å². The minimum Gasteiger partial charge on any atom is -0.394 e. The molecular weight excluding hydrogens is 210 g/mol. The maximum absolute atomic E-state index is 9.20. The Morgan fingerprint density at radius 2 is 2.31 bits per heavy atom. The van der Waals surface area contributed by atoms with E-state index < -0.39 is 0 Å². The number of aliphatic hydroxyl groups excluding tert-OH is 1. The predicted octanol–water partition coefficient (Wildman–Crippen LogP) is -0.814. The largest absolute Gasteiger partial charge is 0.394 e. The number of aromatic nitrogens is 4. The van der Waals surface area contributed by atoms with Crippen molar-refractivity contribution in [1.82, 2.24) is 20.2 Å². The second-order valence-electron chi connectivity index (χ2n) is 4.67. The lowest BCUT2D eigenvalue weighted by molar-refractivity contribution is -0.101. The lowest BCUT2D eigenvalue weighted by atomic mass is 10.1.